The van der Waals surface area contributed by atoms with Gasteiger partial charge in [0.05, 0.1) is 6.61 Å². The van der Waals surface area contributed by atoms with Gasteiger partial charge in [-0.05, 0) is 19.7 Å². The molecule has 0 spiro atoms. The Morgan fingerprint density at radius 1 is 1.64 bits per heavy atom. The molecule has 3 nitrogen and oxygen atoms in total. The lowest BCUT2D eigenvalue weighted by molar-refractivity contribution is 0.229. The Hall–Kier alpha value is -0.380. The van der Waals surface area contributed by atoms with Gasteiger partial charge in [-0.1, -0.05) is 6.58 Å². The van der Waals surface area contributed by atoms with E-state index in [2.05, 4.69) is 11.9 Å². The summed E-state index contributed by atoms with van der Waals surface area (Å²) >= 11 is 0. The van der Waals surface area contributed by atoms with Gasteiger partial charge in [0.15, 0.2) is 0 Å². The van der Waals surface area contributed by atoms with E-state index in [1.165, 1.54) is 0 Å². The van der Waals surface area contributed by atoms with Crippen molar-refractivity contribution in [1.29, 1.82) is 0 Å². The summed E-state index contributed by atoms with van der Waals surface area (Å²) in [4.78, 5) is 2.04. The number of nitrogens with zero attached hydrogens (tertiary/aromatic N) is 1. The van der Waals surface area contributed by atoms with Gasteiger partial charge in [0.2, 0.25) is 0 Å². The first-order valence-corrected chi connectivity index (χ1v) is 3.81. The Labute approximate surface area is 68.7 Å². The van der Waals surface area contributed by atoms with Crippen LogP contribution < -0.4 is 5.32 Å². The molecular weight excluding hydrogens is 140 g/mol. The lowest BCUT2D eigenvalue weighted by Crippen LogP contribution is -2.27. The van der Waals surface area contributed by atoms with E-state index in [1.807, 2.05) is 19.0 Å². The average Bonchev–Trinajstić information content (AvgIpc) is 1.87. The molecule has 0 fully saturated rings. The molecule has 0 aromatic heterocycles. The number of likely N-dealkylation sites (N-methyl/N-ethyl adjacent to an activating group) is 2. The molecule has 0 atom stereocenters. The van der Waals surface area contributed by atoms with E-state index in [-0.39, 0.29) is 6.61 Å². The highest BCUT2D eigenvalue weighted by atomic mass is 16.3. The van der Waals surface area contributed by atoms with Crippen LogP contribution in [-0.2, 0) is 0 Å². The number of nitrogens with one attached hydrogen (secondary N) is 1. The Bertz CT molecular complexity index is 115. The first-order chi connectivity index (χ1) is 5.20. The number of aliphatic hydroxyl groups is 1. The first kappa shape index (κ1) is 10.6. The van der Waals surface area contributed by atoms with Gasteiger partial charge in [-0.2, -0.15) is 0 Å². The Kier molecular flexibility index (Phi) is 6.12. The maximum Gasteiger partial charge on any atom is 0.0558 e. The third kappa shape index (κ3) is 6.04. The molecule has 0 bridgehead atoms. The van der Waals surface area contributed by atoms with Gasteiger partial charge in [-0.3, -0.25) is 0 Å². The zero-order valence-electron chi connectivity index (χ0n) is 7.43. The second kappa shape index (κ2) is 6.34. The van der Waals surface area contributed by atoms with Crippen LogP contribution in [0, 0.1) is 0 Å². The van der Waals surface area contributed by atoms with Crippen LogP contribution in [0.3, 0.4) is 0 Å². The van der Waals surface area contributed by atoms with Crippen LogP contribution in [0.4, 0.5) is 0 Å². The maximum absolute atomic E-state index is 8.59. The summed E-state index contributed by atoms with van der Waals surface area (Å²) in [7, 11) is 3.87. The van der Waals surface area contributed by atoms with Crippen molar-refractivity contribution in [2.45, 2.75) is 0 Å². The topological polar surface area (TPSA) is 35.5 Å². The fourth-order valence-corrected chi connectivity index (χ4v) is 0.937. The molecule has 11 heavy (non-hydrogen) atoms. The van der Waals surface area contributed by atoms with Crippen LogP contribution in [-0.4, -0.2) is 50.3 Å². The molecule has 0 rings (SSSR count). The minimum Gasteiger partial charge on any atom is -0.395 e. The van der Waals surface area contributed by atoms with E-state index in [0.717, 1.165) is 18.7 Å². The first-order valence-electron chi connectivity index (χ1n) is 3.81. The molecule has 0 aromatic rings. The van der Waals surface area contributed by atoms with Gasteiger partial charge in [0.1, 0.15) is 0 Å². The Morgan fingerprint density at radius 2 is 2.27 bits per heavy atom. The third-order valence-corrected chi connectivity index (χ3v) is 1.40. The monoisotopic (exact) mass is 158 g/mol. The molecule has 0 amide bonds. The van der Waals surface area contributed by atoms with Crippen LogP contribution in [0.5, 0.6) is 0 Å². The summed E-state index contributed by atoms with van der Waals surface area (Å²) in [5.41, 5.74) is 1.14. The molecular formula is C8H18N2O. The molecule has 0 heterocycles. The van der Waals surface area contributed by atoms with E-state index in [9.17, 15) is 0 Å². The number of aliphatic hydroxyl groups excluding tert-OH is 1. The molecule has 0 radical (unpaired) electrons. The van der Waals surface area contributed by atoms with Gasteiger partial charge < -0.3 is 15.3 Å². The standard InChI is InChI=1S/C8H18N2O/c1-8(6-9-2)7-10(3)4-5-11/h9,11H,1,4-7H2,2-3H3. The highest BCUT2D eigenvalue weighted by Crippen LogP contribution is 1.91. The second-order valence-electron chi connectivity index (χ2n) is 2.74. The Morgan fingerprint density at radius 3 is 2.73 bits per heavy atom. The van der Waals surface area contributed by atoms with E-state index < -0.39 is 0 Å². The smallest absolute Gasteiger partial charge is 0.0558 e. The van der Waals surface area contributed by atoms with Crippen molar-refractivity contribution >= 4 is 0 Å². The summed E-state index contributed by atoms with van der Waals surface area (Å²) < 4.78 is 0. The molecule has 66 valence electrons. The molecule has 0 aliphatic heterocycles. The van der Waals surface area contributed by atoms with Crippen LogP contribution >= 0.6 is 0 Å². The summed E-state index contributed by atoms with van der Waals surface area (Å²) in [5, 5.41) is 11.6. The van der Waals surface area contributed by atoms with E-state index in [0.29, 0.717) is 6.54 Å². The Balaban J connectivity index is 3.40. The highest BCUT2D eigenvalue weighted by Gasteiger charge is 1.98. The molecule has 3 heteroatoms. The molecule has 0 aliphatic carbocycles. The quantitative estimate of drug-likeness (QED) is 0.520. The molecule has 2 N–H and O–H groups in total. The third-order valence-electron chi connectivity index (χ3n) is 1.40. The fourth-order valence-electron chi connectivity index (χ4n) is 0.937. The summed E-state index contributed by atoms with van der Waals surface area (Å²) in [6.45, 7) is 6.50. The molecule has 0 unspecified atom stereocenters. The largest absolute Gasteiger partial charge is 0.395 e. The second-order valence-corrected chi connectivity index (χ2v) is 2.74. The fraction of sp³-hybridized carbons (Fsp3) is 0.750. The maximum atomic E-state index is 8.59. The zero-order chi connectivity index (χ0) is 8.69. The van der Waals surface area contributed by atoms with Gasteiger partial charge in [0, 0.05) is 19.6 Å². The van der Waals surface area contributed by atoms with Gasteiger partial charge in [-0.25, -0.2) is 0 Å². The van der Waals surface area contributed by atoms with Gasteiger partial charge >= 0.3 is 0 Å². The number of rotatable bonds is 6. The number of hydrogen-bond acceptors (Lipinski definition) is 3. The minimum atomic E-state index is 0.212. The average molecular weight is 158 g/mol. The highest BCUT2D eigenvalue weighted by molar-refractivity contribution is 4.98. The summed E-state index contributed by atoms with van der Waals surface area (Å²) in [6, 6.07) is 0. The van der Waals surface area contributed by atoms with E-state index in [1.54, 1.807) is 0 Å². The van der Waals surface area contributed by atoms with Crippen LogP contribution in [0.2, 0.25) is 0 Å². The van der Waals surface area contributed by atoms with Crippen molar-refractivity contribution in [3.63, 3.8) is 0 Å². The minimum absolute atomic E-state index is 0.212. The van der Waals surface area contributed by atoms with Gasteiger partial charge in [0.25, 0.3) is 0 Å². The number of hydrogen-bond donors (Lipinski definition) is 2. The van der Waals surface area contributed by atoms with Crippen molar-refractivity contribution < 1.29 is 5.11 Å². The van der Waals surface area contributed by atoms with Crippen molar-refractivity contribution in [1.82, 2.24) is 10.2 Å². The van der Waals surface area contributed by atoms with Crippen molar-refractivity contribution in [3.8, 4) is 0 Å². The molecule has 0 saturated heterocycles. The van der Waals surface area contributed by atoms with Crippen molar-refractivity contribution in [3.05, 3.63) is 12.2 Å². The van der Waals surface area contributed by atoms with E-state index >= 15 is 0 Å². The van der Waals surface area contributed by atoms with Crippen LogP contribution in [0.15, 0.2) is 12.2 Å². The molecule has 0 saturated carbocycles. The van der Waals surface area contributed by atoms with E-state index in [4.69, 9.17) is 5.11 Å². The SMILES string of the molecule is C=C(CNC)CN(C)CCO. The van der Waals surface area contributed by atoms with Crippen LogP contribution in [0.25, 0.3) is 0 Å². The summed E-state index contributed by atoms with van der Waals surface area (Å²) in [5.74, 6) is 0. The molecule has 0 aromatic carbocycles. The van der Waals surface area contributed by atoms with Crippen molar-refractivity contribution in [2.24, 2.45) is 0 Å². The lowest BCUT2D eigenvalue weighted by atomic mass is 10.3. The zero-order valence-corrected chi connectivity index (χ0v) is 7.43. The summed E-state index contributed by atoms with van der Waals surface area (Å²) in [6.07, 6.45) is 0. The normalized spacial score (nSPS) is 10.5. The van der Waals surface area contributed by atoms with Crippen molar-refractivity contribution in [2.75, 3.05) is 40.3 Å². The van der Waals surface area contributed by atoms with Crippen LogP contribution in [0.1, 0.15) is 0 Å². The predicted octanol–water partition coefficient (Wildman–Crippen LogP) is -0.314. The predicted molar refractivity (Wildman–Crippen MR) is 47.6 cm³/mol. The molecule has 0 aliphatic rings. The van der Waals surface area contributed by atoms with Gasteiger partial charge in [-0.15, -0.1) is 0 Å². The lowest BCUT2D eigenvalue weighted by Gasteiger charge is -2.16.